The number of carbonyl (C=O) groups is 2. The lowest BCUT2D eigenvalue weighted by Gasteiger charge is -2.11. The SMILES string of the molecule is Cc1ccc(C)c(S(=O)(=O)NCCNC(=O)CNC(=O)c2ccccc2C)c1. The summed E-state index contributed by atoms with van der Waals surface area (Å²) in [6, 6.07) is 12.3. The second kappa shape index (κ2) is 9.48. The van der Waals surface area contributed by atoms with E-state index in [1.54, 1.807) is 31.2 Å². The number of hydrogen-bond acceptors (Lipinski definition) is 4. The maximum atomic E-state index is 12.4. The second-order valence-electron chi connectivity index (χ2n) is 6.51. The second-order valence-corrected chi connectivity index (χ2v) is 8.25. The molecule has 7 nitrogen and oxygen atoms in total. The van der Waals surface area contributed by atoms with Crippen molar-refractivity contribution in [2.75, 3.05) is 19.6 Å². The maximum Gasteiger partial charge on any atom is 0.251 e. The summed E-state index contributed by atoms with van der Waals surface area (Å²) in [7, 11) is -3.65. The van der Waals surface area contributed by atoms with Gasteiger partial charge in [-0.3, -0.25) is 9.59 Å². The Morgan fingerprint density at radius 2 is 1.61 bits per heavy atom. The first-order valence-corrected chi connectivity index (χ1v) is 10.4. The summed E-state index contributed by atoms with van der Waals surface area (Å²) in [5.74, 6) is -0.725. The minimum Gasteiger partial charge on any atom is -0.353 e. The van der Waals surface area contributed by atoms with Gasteiger partial charge in [0.1, 0.15) is 0 Å². The average molecular weight is 404 g/mol. The molecule has 0 atom stereocenters. The van der Waals surface area contributed by atoms with Gasteiger partial charge in [-0.2, -0.15) is 0 Å². The highest BCUT2D eigenvalue weighted by atomic mass is 32.2. The molecule has 0 aliphatic rings. The summed E-state index contributed by atoms with van der Waals surface area (Å²) in [6.45, 7) is 5.35. The third-order valence-electron chi connectivity index (χ3n) is 4.17. The van der Waals surface area contributed by atoms with Gasteiger partial charge in [0.15, 0.2) is 0 Å². The first kappa shape index (κ1) is 21.6. The lowest BCUT2D eigenvalue weighted by atomic mass is 10.1. The van der Waals surface area contributed by atoms with Crippen LogP contribution in [-0.4, -0.2) is 39.9 Å². The maximum absolute atomic E-state index is 12.4. The van der Waals surface area contributed by atoms with Crippen LogP contribution in [-0.2, 0) is 14.8 Å². The summed E-state index contributed by atoms with van der Waals surface area (Å²) in [4.78, 5) is 24.1. The van der Waals surface area contributed by atoms with Crippen LogP contribution in [0.15, 0.2) is 47.4 Å². The molecule has 28 heavy (non-hydrogen) atoms. The molecule has 2 aromatic carbocycles. The fraction of sp³-hybridized carbons (Fsp3) is 0.300. The zero-order valence-electron chi connectivity index (χ0n) is 16.2. The molecule has 0 aliphatic carbocycles. The zero-order valence-corrected chi connectivity index (χ0v) is 17.0. The highest BCUT2D eigenvalue weighted by Crippen LogP contribution is 2.16. The number of aryl methyl sites for hydroxylation is 3. The minimum atomic E-state index is -3.65. The largest absolute Gasteiger partial charge is 0.353 e. The molecule has 0 bridgehead atoms. The molecule has 0 spiro atoms. The summed E-state index contributed by atoms with van der Waals surface area (Å²) < 4.78 is 27.2. The van der Waals surface area contributed by atoms with Crippen molar-refractivity contribution >= 4 is 21.8 Å². The van der Waals surface area contributed by atoms with Crippen LogP contribution >= 0.6 is 0 Å². The first-order valence-electron chi connectivity index (χ1n) is 8.88. The van der Waals surface area contributed by atoms with E-state index in [1.807, 2.05) is 32.0 Å². The lowest BCUT2D eigenvalue weighted by Crippen LogP contribution is -2.40. The van der Waals surface area contributed by atoms with Crippen LogP contribution in [0.5, 0.6) is 0 Å². The van der Waals surface area contributed by atoms with Crippen LogP contribution in [0.2, 0.25) is 0 Å². The Balaban J connectivity index is 1.77. The predicted octanol–water partition coefficient (Wildman–Crippen LogP) is 1.44. The number of hydrogen-bond donors (Lipinski definition) is 3. The number of amides is 2. The van der Waals surface area contributed by atoms with Crippen LogP contribution in [0.1, 0.15) is 27.0 Å². The molecule has 0 unspecified atom stereocenters. The van der Waals surface area contributed by atoms with Crippen molar-refractivity contribution in [3.8, 4) is 0 Å². The smallest absolute Gasteiger partial charge is 0.251 e. The first-order chi connectivity index (χ1) is 13.2. The van der Waals surface area contributed by atoms with Gasteiger partial charge < -0.3 is 10.6 Å². The van der Waals surface area contributed by atoms with Crippen LogP contribution in [0.4, 0.5) is 0 Å². The predicted molar refractivity (Wildman–Crippen MR) is 108 cm³/mol. The molecule has 150 valence electrons. The molecule has 0 radical (unpaired) electrons. The normalized spacial score (nSPS) is 11.1. The van der Waals surface area contributed by atoms with Gasteiger partial charge in [0.05, 0.1) is 11.4 Å². The molecule has 2 aromatic rings. The van der Waals surface area contributed by atoms with Crippen molar-refractivity contribution in [1.82, 2.24) is 15.4 Å². The molecule has 3 N–H and O–H groups in total. The van der Waals surface area contributed by atoms with Gasteiger partial charge in [0.25, 0.3) is 5.91 Å². The lowest BCUT2D eigenvalue weighted by molar-refractivity contribution is -0.120. The van der Waals surface area contributed by atoms with E-state index in [9.17, 15) is 18.0 Å². The number of carbonyl (C=O) groups excluding carboxylic acids is 2. The topological polar surface area (TPSA) is 104 Å². The van der Waals surface area contributed by atoms with E-state index in [1.165, 1.54) is 0 Å². The molecule has 0 aliphatic heterocycles. The van der Waals surface area contributed by atoms with Crippen LogP contribution in [0.25, 0.3) is 0 Å². The van der Waals surface area contributed by atoms with E-state index in [-0.39, 0.29) is 30.4 Å². The Bertz CT molecular complexity index is 971. The van der Waals surface area contributed by atoms with Crippen molar-refractivity contribution < 1.29 is 18.0 Å². The Labute approximate surface area is 165 Å². The zero-order chi connectivity index (χ0) is 20.7. The molecule has 8 heteroatoms. The van der Waals surface area contributed by atoms with Gasteiger partial charge in [-0.1, -0.05) is 30.3 Å². The van der Waals surface area contributed by atoms with Gasteiger partial charge in [-0.05, 0) is 49.6 Å². The van der Waals surface area contributed by atoms with Crippen LogP contribution in [0, 0.1) is 20.8 Å². The number of sulfonamides is 1. The Morgan fingerprint density at radius 3 is 2.32 bits per heavy atom. The molecule has 0 fully saturated rings. The average Bonchev–Trinajstić information content (AvgIpc) is 2.65. The van der Waals surface area contributed by atoms with Crippen molar-refractivity contribution in [1.29, 1.82) is 0 Å². The fourth-order valence-corrected chi connectivity index (χ4v) is 3.97. The van der Waals surface area contributed by atoms with Gasteiger partial charge in [0, 0.05) is 18.7 Å². The molecule has 0 aromatic heterocycles. The summed E-state index contributed by atoms with van der Waals surface area (Å²) in [5.41, 5.74) is 2.84. The summed E-state index contributed by atoms with van der Waals surface area (Å²) in [6.07, 6.45) is 0. The van der Waals surface area contributed by atoms with E-state index in [4.69, 9.17) is 0 Å². The van der Waals surface area contributed by atoms with Crippen LogP contribution < -0.4 is 15.4 Å². The van der Waals surface area contributed by atoms with E-state index < -0.39 is 15.9 Å². The number of rotatable bonds is 8. The number of benzene rings is 2. The van der Waals surface area contributed by atoms with Gasteiger partial charge in [0.2, 0.25) is 15.9 Å². The molecule has 2 rings (SSSR count). The van der Waals surface area contributed by atoms with E-state index in [0.29, 0.717) is 11.1 Å². The van der Waals surface area contributed by atoms with Crippen molar-refractivity contribution in [3.63, 3.8) is 0 Å². The molecule has 2 amide bonds. The third-order valence-corrected chi connectivity index (χ3v) is 5.77. The van der Waals surface area contributed by atoms with Gasteiger partial charge >= 0.3 is 0 Å². The standard InChI is InChI=1S/C20H25N3O4S/c1-14-8-9-16(3)18(12-14)28(26,27)23-11-10-21-19(24)13-22-20(25)17-7-5-4-6-15(17)2/h4-9,12,23H,10-11,13H2,1-3H3,(H,21,24)(H,22,25). The quantitative estimate of drug-likeness (QED) is 0.580. The summed E-state index contributed by atoms with van der Waals surface area (Å²) in [5, 5.41) is 5.12. The Kier molecular flexibility index (Phi) is 7.31. The molecular weight excluding hydrogens is 378 g/mol. The van der Waals surface area contributed by atoms with E-state index in [0.717, 1.165) is 11.1 Å². The highest BCUT2D eigenvalue weighted by Gasteiger charge is 2.16. The molecule has 0 saturated carbocycles. The van der Waals surface area contributed by atoms with Crippen LogP contribution in [0.3, 0.4) is 0 Å². The van der Waals surface area contributed by atoms with Crippen molar-refractivity contribution in [3.05, 3.63) is 64.7 Å². The molecule has 0 saturated heterocycles. The van der Waals surface area contributed by atoms with Gasteiger partial charge in [-0.15, -0.1) is 0 Å². The monoisotopic (exact) mass is 403 g/mol. The van der Waals surface area contributed by atoms with Gasteiger partial charge in [-0.25, -0.2) is 13.1 Å². The van der Waals surface area contributed by atoms with E-state index in [2.05, 4.69) is 15.4 Å². The highest BCUT2D eigenvalue weighted by molar-refractivity contribution is 7.89. The molecule has 0 heterocycles. The Morgan fingerprint density at radius 1 is 0.893 bits per heavy atom. The number of nitrogens with one attached hydrogen (secondary N) is 3. The minimum absolute atomic E-state index is 0.0488. The van der Waals surface area contributed by atoms with Crippen molar-refractivity contribution in [2.45, 2.75) is 25.7 Å². The summed E-state index contributed by atoms with van der Waals surface area (Å²) >= 11 is 0. The third kappa shape index (κ3) is 5.90. The Hall–Kier alpha value is -2.71. The van der Waals surface area contributed by atoms with E-state index >= 15 is 0 Å². The molecular formula is C20H25N3O4S. The fourth-order valence-electron chi connectivity index (χ4n) is 2.61. The van der Waals surface area contributed by atoms with Crippen molar-refractivity contribution in [2.24, 2.45) is 0 Å².